The van der Waals surface area contributed by atoms with E-state index in [1.54, 1.807) is 24.1 Å². The fourth-order valence-electron chi connectivity index (χ4n) is 5.06. The van der Waals surface area contributed by atoms with Gasteiger partial charge in [0.05, 0.1) is 23.6 Å². The number of amides is 2. The van der Waals surface area contributed by atoms with Crippen molar-refractivity contribution in [3.63, 3.8) is 0 Å². The third-order valence-corrected chi connectivity index (χ3v) is 6.98. The molecule has 6 nitrogen and oxygen atoms in total. The summed E-state index contributed by atoms with van der Waals surface area (Å²) in [5, 5.41) is 3.78. The first kappa shape index (κ1) is 24.0. The van der Waals surface area contributed by atoms with Crippen molar-refractivity contribution in [1.29, 1.82) is 0 Å². The zero-order chi connectivity index (χ0) is 25.4. The summed E-state index contributed by atoms with van der Waals surface area (Å²) in [6.07, 6.45) is 1.98. The van der Waals surface area contributed by atoms with E-state index in [0.29, 0.717) is 30.0 Å². The summed E-state index contributed by atoms with van der Waals surface area (Å²) in [6.45, 7) is 0.626. The second-order valence-electron chi connectivity index (χ2n) is 8.83. The minimum atomic E-state index is -0.731. The highest BCUT2D eigenvalue weighted by atomic mass is 35.5. The number of methoxy groups -OCH3 is 1. The Hall–Kier alpha value is -3.68. The Labute approximate surface area is 213 Å². The maximum atomic E-state index is 14.0. The standard InChI is InChI=1S/C28H25ClFN3O3/c1-32-16-21(18-7-5-6-10-24(18)32)26-25(27(34)31-17-11-12-23(30)22(29)15-17)19-8-3-4-9-20(19)28(35)33(26)13-14-36-2/h3-12,15-16,25-26H,13-14H2,1-2H3,(H,31,34)/t25-,26-/m0/s1. The number of aryl methyl sites for hydroxylation is 1. The summed E-state index contributed by atoms with van der Waals surface area (Å²) in [6, 6.07) is 18.5. The van der Waals surface area contributed by atoms with E-state index < -0.39 is 17.8 Å². The molecule has 0 saturated heterocycles. The summed E-state index contributed by atoms with van der Waals surface area (Å²) in [5.41, 5.74) is 3.35. The molecule has 2 atom stereocenters. The molecule has 3 aromatic carbocycles. The lowest BCUT2D eigenvalue weighted by molar-refractivity contribution is -0.119. The number of hydrogen-bond acceptors (Lipinski definition) is 3. The van der Waals surface area contributed by atoms with Gasteiger partial charge in [0.15, 0.2) is 0 Å². The van der Waals surface area contributed by atoms with E-state index in [4.69, 9.17) is 16.3 Å². The minimum absolute atomic E-state index is 0.0839. The monoisotopic (exact) mass is 505 g/mol. The first-order valence-electron chi connectivity index (χ1n) is 11.6. The third-order valence-electron chi connectivity index (χ3n) is 6.69. The highest BCUT2D eigenvalue weighted by Crippen LogP contribution is 2.45. The van der Waals surface area contributed by atoms with Crippen molar-refractivity contribution in [2.75, 3.05) is 25.6 Å². The molecule has 2 amide bonds. The Morgan fingerprint density at radius 1 is 1.08 bits per heavy atom. The van der Waals surface area contributed by atoms with Crippen LogP contribution >= 0.6 is 11.6 Å². The summed E-state index contributed by atoms with van der Waals surface area (Å²) in [5.74, 6) is -1.78. The van der Waals surface area contributed by atoms with Crippen molar-refractivity contribution in [3.05, 3.63) is 100 Å². The van der Waals surface area contributed by atoms with E-state index in [1.165, 1.54) is 18.2 Å². The van der Waals surface area contributed by atoms with Crippen LogP contribution in [0.2, 0.25) is 5.02 Å². The number of fused-ring (bicyclic) bond motifs is 2. The van der Waals surface area contributed by atoms with Gasteiger partial charge in [0.1, 0.15) is 5.82 Å². The van der Waals surface area contributed by atoms with Gasteiger partial charge in [0.25, 0.3) is 5.91 Å². The summed E-state index contributed by atoms with van der Waals surface area (Å²) >= 11 is 5.96. The number of rotatable bonds is 6. The van der Waals surface area contributed by atoms with Crippen molar-refractivity contribution in [1.82, 2.24) is 9.47 Å². The zero-order valence-corrected chi connectivity index (χ0v) is 20.6. The smallest absolute Gasteiger partial charge is 0.254 e. The van der Waals surface area contributed by atoms with E-state index in [1.807, 2.05) is 54.2 Å². The number of nitrogens with zero attached hydrogens (tertiary/aromatic N) is 2. The van der Waals surface area contributed by atoms with E-state index in [9.17, 15) is 14.0 Å². The molecule has 0 aliphatic carbocycles. The van der Waals surface area contributed by atoms with Gasteiger partial charge in [-0.25, -0.2) is 4.39 Å². The Morgan fingerprint density at radius 2 is 1.83 bits per heavy atom. The maximum Gasteiger partial charge on any atom is 0.254 e. The average molecular weight is 506 g/mol. The van der Waals surface area contributed by atoms with Gasteiger partial charge in [-0.15, -0.1) is 0 Å². The van der Waals surface area contributed by atoms with Crippen molar-refractivity contribution < 1.29 is 18.7 Å². The van der Waals surface area contributed by atoms with Crippen LogP contribution in [0, 0.1) is 5.82 Å². The van der Waals surface area contributed by atoms with Crippen LogP contribution < -0.4 is 5.32 Å². The lowest BCUT2D eigenvalue weighted by atomic mass is 9.79. The molecule has 0 fully saturated rings. The largest absolute Gasteiger partial charge is 0.383 e. The molecule has 1 aliphatic rings. The minimum Gasteiger partial charge on any atom is -0.383 e. The topological polar surface area (TPSA) is 63.6 Å². The lowest BCUT2D eigenvalue weighted by Crippen LogP contribution is -2.47. The molecule has 184 valence electrons. The molecule has 0 bridgehead atoms. The number of para-hydroxylation sites is 1. The summed E-state index contributed by atoms with van der Waals surface area (Å²) in [4.78, 5) is 29.4. The molecular formula is C28H25ClFN3O3. The molecule has 1 aromatic heterocycles. The van der Waals surface area contributed by atoms with E-state index >= 15 is 0 Å². The van der Waals surface area contributed by atoms with E-state index in [2.05, 4.69) is 5.32 Å². The molecule has 0 unspecified atom stereocenters. The lowest BCUT2D eigenvalue weighted by Gasteiger charge is -2.41. The fourth-order valence-corrected chi connectivity index (χ4v) is 5.24. The molecule has 2 heterocycles. The highest BCUT2D eigenvalue weighted by molar-refractivity contribution is 6.31. The number of benzene rings is 3. The van der Waals surface area contributed by atoms with Gasteiger partial charge in [-0.1, -0.05) is 48.0 Å². The highest BCUT2D eigenvalue weighted by Gasteiger charge is 2.45. The Bertz CT molecular complexity index is 1470. The first-order valence-corrected chi connectivity index (χ1v) is 12.0. The number of carbonyl (C=O) groups excluding carboxylic acids is 2. The Morgan fingerprint density at radius 3 is 2.61 bits per heavy atom. The van der Waals surface area contributed by atoms with Gasteiger partial charge in [-0.2, -0.15) is 0 Å². The van der Waals surface area contributed by atoms with Crippen LogP contribution in [0.15, 0.2) is 72.9 Å². The molecule has 8 heteroatoms. The predicted molar refractivity (Wildman–Crippen MR) is 138 cm³/mol. The van der Waals surface area contributed by atoms with Gasteiger partial charge < -0.3 is 19.5 Å². The number of carbonyl (C=O) groups is 2. The van der Waals surface area contributed by atoms with Gasteiger partial charge >= 0.3 is 0 Å². The fraction of sp³-hybridized carbons (Fsp3) is 0.214. The first-order chi connectivity index (χ1) is 17.4. The van der Waals surface area contributed by atoms with Gasteiger partial charge in [0.2, 0.25) is 5.91 Å². The van der Waals surface area contributed by atoms with Crippen LogP contribution in [0.25, 0.3) is 10.9 Å². The van der Waals surface area contributed by atoms with Crippen LogP contribution in [0.3, 0.4) is 0 Å². The maximum absolute atomic E-state index is 14.0. The third kappa shape index (κ3) is 4.14. The number of ether oxygens (including phenoxy) is 1. The van der Waals surface area contributed by atoms with Gasteiger partial charge in [0, 0.05) is 54.6 Å². The van der Waals surface area contributed by atoms with Crippen molar-refractivity contribution >= 4 is 40.0 Å². The zero-order valence-electron chi connectivity index (χ0n) is 19.9. The Balaban J connectivity index is 1.68. The van der Waals surface area contributed by atoms with Crippen molar-refractivity contribution in [3.8, 4) is 0 Å². The molecule has 4 aromatic rings. The second kappa shape index (κ2) is 9.76. The quantitative estimate of drug-likeness (QED) is 0.374. The molecule has 0 radical (unpaired) electrons. The van der Waals surface area contributed by atoms with E-state index in [-0.39, 0.29) is 16.8 Å². The Kier molecular flexibility index (Phi) is 6.51. The normalized spacial score (nSPS) is 17.3. The molecule has 1 aliphatic heterocycles. The van der Waals surface area contributed by atoms with Crippen molar-refractivity contribution in [2.24, 2.45) is 7.05 Å². The summed E-state index contributed by atoms with van der Waals surface area (Å²) < 4.78 is 21.1. The number of aromatic nitrogens is 1. The molecule has 5 rings (SSSR count). The number of anilines is 1. The molecule has 0 spiro atoms. The average Bonchev–Trinajstić information content (AvgIpc) is 3.21. The van der Waals surface area contributed by atoms with Crippen LogP contribution in [-0.4, -0.2) is 41.5 Å². The molecule has 36 heavy (non-hydrogen) atoms. The van der Waals surface area contributed by atoms with Gasteiger partial charge in [-0.05, 0) is 35.9 Å². The van der Waals surface area contributed by atoms with Crippen LogP contribution in [0.5, 0.6) is 0 Å². The number of nitrogens with one attached hydrogen (secondary N) is 1. The number of halogens is 2. The van der Waals surface area contributed by atoms with Crippen LogP contribution in [0.1, 0.15) is 33.4 Å². The molecule has 0 saturated carbocycles. The molecular weight excluding hydrogens is 481 g/mol. The van der Waals surface area contributed by atoms with E-state index in [0.717, 1.165) is 16.5 Å². The predicted octanol–water partition coefficient (Wildman–Crippen LogP) is 5.54. The second-order valence-corrected chi connectivity index (χ2v) is 9.24. The summed E-state index contributed by atoms with van der Waals surface area (Å²) in [7, 11) is 3.53. The van der Waals surface area contributed by atoms with Gasteiger partial charge in [-0.3, -0.25) is 9.59 Å². The van der Waals surface area contributed by atoms with Crippen molar-refractivity contribution in [2.45, 2.75) is 12.0 Å². The van der Waals surface area contributed by atoms with Crippen LogP contribution in [0.4, 0.5) is 10.1 Å². The van der Waals surface area contributed by atoms with Crippen LogP contribution in [-0.2, 0) is 16.6 Å². The number of hydrogen-bond donors (Lipinski definition) is 1. The molecule has 1 N–H and O–H groups in total. The SMILES string of the molecule is COCCN1C(=O)c2ccccc2[C@H](C(=O)Nc2ccc(F)c(Cl)c2)[C@@H]1c1cn(C)c2ccccc12.